The van der Waals surface area contributed by atoms with E-state index >= 15 is 0 Å². The quantitative estimate of drug-likeness (QED) is 0.834. The molecule has 0 spiro atoms. The van der Waals surface area contributed by atoms with Gasteiger partial charge >= 0.3 is 0 Å². The maximum atomic E-state index is 9.11. The zero-order valence-corrected chi connectivity index (χ0v) is 9.67. The number of aliphatic hydroxyl groups excluding tert-OH is 1. The summed E-state index contributed by atoms with van der Waals surface area (Å²) in [6, 6.07) is 10.8. The van der Waals surface area contributed by atoms with Crippen LogP contribution in [0.5, 0.6) is 0 Å². The van der Waals surface area contributed by atoms with E-state index in [9.17, 15) is 0 Å². The molecule has 1 N–H and O–H groups in total. The van der Waals surface area contributed by atoms with Gasteiger partial charge < -0.3 is 9.84 Å². The summed E-state index contributed by atoms with van der Waals surface area (Å²) in [6.45, 7) is 4.72. The Morgan fingerprint density at radius 2 is 2.12 bits per heavy atom. The molecule has 0 amide bonds. The van der Waals surface area contributed by atoms with Crippen LogP contribution in [0.15, 0.2) is 30.3 Å². The van der Waals surface area contributed by atoms with E-state index in [4.69, 9.17) is 9.84 Å². The molecule has 2 rings (SSSR count). The van der Waals surface area contributed by atoms with Gasteiger partial charge in [-0.05, 0) is 12.5 Å². The molecule has 3 heteroatoms. The summed E-state index contributed by atoms with van der Waals surface area (Å²) in [6.07, 6.45) is -0.0279. The van der Waals surface area contributed by atoms with Crippen LogP contribution < -0.4 is 0 Å². The van der Waals surface area contributed by atoms with E-state index in [-0.39, 0.29) is 12.7 Å². The van der Waals surface area contributed by atoms with Crippen LogP contribution in [0.2, 0.25) is 0 Å². The number of ether oxygens (including phenoxy) is 1. The van der Waals surface area contributed by atoms with Crippen LogP contribution in [0.4, 0.5) is 0 Å². The molecule has 0 unspecified atom stereocenters. The summed E-state index contributed by atoms with van der Waals surface area (Å²) in [5.41, 5.74) is 1.31. The number of hydrogen-bond acceptors (Lipinski definition) is 3. The molecular formula is C13H19NO2. The largest absolute Gasteiger partial charge is 0.394 e. The van der Waals surface area contributed by atoms with Crippen molar-refractivity contribution in [3.05, 3.63) is 35.9 Å². The lowest BCUT2D eigenvalue weighted by Crippen LogP contribution is -2.48. The van der Waals surface area contributed by atoms with Crippen LogP contribution in [0.3, 0.4) is 0 Å². The highest BCUT2D eigenvalue weighted by molar-refractivity contribution is 5.14. The van der Waals surface area contributed by atoms with Gasteiger partial charge in [-0.3, -0.25) is 4.90 Å². The molecule has 2 atom stereocenters. The molecule has 0 bridgehead atoms. The minimum Gasteiger partial charge on any atom is -0.394 e. The zero-order valence-electron chi connectivity index (χ0n) is 9.67. The Hall–Kier alpha value is -0.900. The molecule has 1 aromatic carbocycles. The standard InChI is InChI=1S/C13H19NO2/c1-11-10-16-13(9-15)8-14(11)7-12-5-3-2-4-6-12/h2-6,11,13,15H,7-10H2,1H3/t11-,13+/m0/s1. The Bertz CT molecular complexity index is 315. The van der Waals surface area contributed by atoms with E-state index < -0.39 is 0 Å². The van der Waals surface area contributed by atoms with E-state index in [1.54, 1.807) is 0 Å². The molecule has 0 aromatic heterocycles. The highest BCUT2D eigenvalue weighted by Gasteiger charge is 2.25. The van der Waals surface area contributed by atoms with Crippen molar-refractivity contribution in [2.24, 2.45) is 0 Å². The zero-order chi connectivity index (χ0) is 11.4. The molecule has 88 valence electrons. The van der Waals surface area contributed by atoms with Crippen molar-refractivity contribution in [1.82, 2.24) is 4.90 Å². The van der Waals surface area contributed by atoms with E-state index in [0.717, 1.165) is 13.1 Å². The number of benzene rings is 1. The van der Waals surface area contributed by atoms with Crippen molar-refractivity contribution < 1.29 is 9.84 Å². The van der Waals surface area contributed by atoms with Crippen molar-refractivity contribution in [3.8, 4) is 0 Å². The lowest BCUT2D eigenvalue weighted by atomic mass is 10.1. The predicted octanol–water partition coefficient (Wildman–Crippen LogP) is 1.27. The number of rotatable bonds is 3. The first-order chi connectivity index (χ1) is 7.79. The third kappa shape index (κ3) is 2.82. The monoisotopic (exact) mass is 221 g/mol. The minimum atomic E-state index is -0.0279. The molecule has 1 aliphatic heterocycles. The lowest BCUT2D eigenvalue weighted by Gasteiger charge is -2.37. The molecule has 0 aliphatic carbocycles. The van der Waals surface area contributed by atoms with E-state index in [1.165, 1.54) is 5.56 Å². The molecule has 1 fully saturated rings. The minimum absolute atomic E-state index is 0.0279. The fourth-order valence-corrected chi connectivity index (χ4v) is 2.02. The van der Waals surface area contributed by atoms with Gasteiger partial charge in [-0.2, -0.15) is 0 Å². The van der Waals surface area contributed by atoms with Crippen LogP contribution in [0, 0.1) is 0 Å². The van der Waals surface area contributed by atoms with Crippen LogP contribution in [-0.2, 0) is 11.3 Å². The van der Waals surface area contributed by atoms with Gasteiger partial charge in [0.1, 0.15) is 0 Å². The van der Waals surface area contributed by atoms with Crippen molar-refractivity contribution in [3.63, 3.8) is 0 Å². The van der Waals surface area contributed by atoms with Crippen LogP contribution >= 0.6 is 0 Å². The van der Waals surface area contributed by atoms with Gasteiger partial charge in [0, 0.05) is 19.1 Å². The van der Waals surface area contributed by atoms with Gasteiger partial charge in [0.05, 0.1) is 19.3 Å². The Kier molecular flexibility index (Phi) is 3.93. The predicted molar refractivity (Wildman–Crippen MR) is 63.1 cm³/mol. The molecule has 16 heavy (non-hydrogen) atoms. The third-order valence-corrected chi connectivity index (χ3v) is 3.07. The number of morpholine rings is 1. The van der Waals surface area contributed by atoms with Gasteiger partial charge in [-0.15, -0.1) is 0 Å². The SMILES string of the molecule is C[C@H]1CO[C@@H](CO)CN1Cc1ccccc1. The van der Waals surface area contributed by atoms with Gasteiger partial charge in [-0.1, -0.05) is 30.3 Å². The van der Waals surface area contributed by atoms with Crippen molar-refractivity contribution in [2.75, 3.05) is 19.8 Å². The maximum Gasteiger partial charge on any atom is 0.0933 e. The molecule has 1 aliphatic rings. The Morgan fingerprint density at radius 1 is 1.38 bits per heavy atom. The van der Waals surface area contributed by atoms with E-state index in [2.05, 4.69) is 36.1 Å². The first-order valence-corrected chi connectivity index (χ1v) is 5.80. The van der Waals surface area contributed by atoms with Gasteiger partial charge in [0.15, 0.2) is 0 Å². The van der Waals surface area contributed by atoms with Crippen LogP contribution in [0.1, 0.15) is 12.5 Å². The van der Waals surface area contributed by atoms with Gasteiger partial charge in [0.2, 0.25) is 0 Å². The first kappa shape index (κ1) is 11.6. The molecular weight excluding hydrogens is 202 g/mol. The summed E-state index contributed by atoms with van der Waals surface area (Å²) < 4.78 is 5.52. The number of hydrogen-bond donors (Lipinski definition) is 1. The highest BCUT2D eigenvalue weighted by Crippen LogP contribution is 2.15. The van der Waals surface area contributed by atoms with Crippen LogP contribution in [-0.4, -0.2) is 41.9 Å². The normalized spacial score (nSPS) is 26.9. The maximum absolute atomic E-state index is 9.11. The van der Waals surface area contributed by atoms with Crippen molar-refractivity contribution in [1.29, 1.82) is 0 Å². The molecule has 0 saturated carbocycles. The molecule has 1 saturated heterocycles. The summed E-state index contributed by atoms with van der Waals surface area (Å²) in [7, 11) is 0. The Morgan fingerprint density at radius 3 is 2.81 bits per heavy atom. The highest BCUT2D eigenvalue weighted by atomic mass is 16.5. The van der Waals surface area contributed by atoms with Crippen molar-refractivity contribution >= 4 is 0 Å². The lowest BCUT2D eigenvalue weighted by molar-refractivity contribution is -0.0805. The van der Waals surface area contributed by atoms with E-state index in [1.807, 2.05) is 6.07 Å². The topological polar surface area (TPSA) is 32.7 Å². The Labute approximate surface area is 96.6 Å². The second-order valence-electron chi connectivity index (χ2n) is 4.40. The average molecular weight is 221 g/mol. The smallest absolute Gasteiger partial charge is 0.0933 e. The Balaban J connectivity index is 1.97. The molecule has 0 radical (unpaired) electrons. The summed E-state index contributed by atoms with van der Waals surface area (Å²) >= 11 is 0. The molecule has 3 nitrogen and oxygen atoms in total. The summed E-state index contributed by atoms with van der Waals surface area (Å²) in [5.74, 6) is 0. The third-order valence-electron chi connectivity index (χ3n) is 3.07. The average Bonchev–Trinajstić information content (AvgIpc) is 2.33. The van der Waals surface area contributed by atoms with Crippen molar-refractivity contribution in [2.45, 2.75) is 25.6 Å². The van der Waals surface area contributed by atoms with Gasteiger partial charge in [-0.25, -0.2) is 0 Å². The summed E-state index contributed by atoms with van der Waals surface area (Å²) in [4.78, 5) is 2.36. The summed E-state index contributed by atoms with van der Waals surface area (Å²) in [5, 5.41) is 9.11. The second kappa shape index (κ2) is 5.43. The van der Waals surface area contributed by atoms with E-state index in [0.29, 0.717) is 12.6 Å². The molecule has 1 heterocycles. The first-order valence-electron chi connectivity index (χ1n) is 5.80. The number of nitrogens with zero attached hydrogens (tertiary/aromatic N) is 1. The molecule has 1 aromatic rings. The van der Waals surface area contributed by atoms with Gasteiger partial charge in [0.25, 0.3) is 0 Å². The second-order valence-corrected chi connectivity index (χ2v) is 4.40. The fourth-order valence-electron chi connectivity index (χ4n) is 2.02. The number of aliphatic hydroxyl groups is 1. The fraction of sp³-hybridized carbons (Fsp3) is 0.538. The van der Waals surface area contributed by atoms with Crippen LogP contribution in [0.25, 0.3) is 0 Å².